The molecule has 0 heterocycles. The Hall–Kier alpha value is -2.57. The monoisotopic (exact) mass is 321 g/mol. The molecule has 0 radical (unpaired) electrons. The highest BCUT2D eigenvalue weighted by atomic mass is 16.5. The lowest BCUT2D eigenvalue weighted by Crippen LogP contribution is -2.44. The van der Waals surface area contributed by atoms with Crippen LogP contribution in [0.25, 0.3) is 0 Å². The van der Waals surface area contributed by atoms with Crippen molar-refractivity contribution in [3.8, 4) is 0 Å². The number of primary amides is 1. The maximum atomic E-state index is 11.7. The molecule has 0 fully saturated rings. The number of benzene rings is 1. The first-order chi connectivity index (χ1) is 11.0. The minimum Gasteiger partial charge on any atom is -0.445 e. The van der Waals surface area contributed by atoms with Crippen LogP contribution >= 0.6 is 0 Å². The van der Waals surface area contributed by atoms with Crippen molar-refractivity contribution in [3.63, 3.8) is 0 Å². The van der Waals surface area contributed by atoms with Gasteiger partial charge in [0.25, 0.3) is 0 Å². The van der Waals surface area contributed by atoms with E-state index in [1.54, 1.807) is 0 Å². The van der Waals surface area contributed by atoms with Crippen molar-refractivity contribution in [2.45, 2.75) is 38.8 Å². The first-order valence-electron chi connectivity index (χ1n) is 7.50. The second-order valence-corrected chi connectivity index (χ2v) is 5.14. The lowest BCUT2D eigenvalue weighted by molar-refractivity contribution is -0.120. The van der Waals surface area contributed by atoms with Crippen molar-refractivity contribution < 1.29 is 19.1 Å². The highest BCUT2D eigenvalue weighted by molar-refractivity contribution is 5.84. The summed E-state index contributed by atoms with van der Waals surface area (Å²) in [4.78, 5) is 33.8. The van der Waals surface area contributed by atoms with Crippen LogP contribution < -0.4 is 16.4 Å². The van der Waals surface area contributed by atoms with Crippen LogP contribution in [0.5, 0.6) is 0 Å². The normalized spacial score (nSPS) is 11.3. The Morgan fingerprint density at radius 2 is 1.87 bits per heavy atom. The van der Waals surface area contributed by atoms with Crippen molar-refractivity contribution in [3.05, 3.63) is 35.9 Å². The standard InChI is InChI=1S/C16H23N3O4/c1-12(20)18-10-6-5-9-14(15(17)21)19-16(22)23-11-13-7-3-2-4-8-13/h2-4,7-8,14H,5-6,9-11H2,1H3,(H2,17,21)(H,18,20)(H,19,22). The zero-order chi connectivity index (χ0) is 17.1. The summed E-state index contributed by atoms with van der Waals surface area (Å²) in [6, 6.07) is 8.45. The fourth-order valence-corrected chi connectivity index (χ4v) is 1.93. The van der Waals surface area contributed by atoms with Gasteiger partial charge in [0.1, 0.15) is 12.6 Å². The van der Waals surface area contributed by atoms with Crippen molar-refractivity contribution in [1.29, 1.82) is 0 Å². The topological polar surface area (TPSA) is 111 Å². The number of carbonyl (C=O) groups excluding carboxylic acids is 3. The van der Waals surface area contributed by atoms with Gasteiger partial charge in [-0.25, -0.2) is 4.79 Å². The number of hydrogen-bond acceptors (Lipinski definition) is 4. The average Bonchev–Trinajstić information content (AvgIpc) is 2.52. The number of amides is 3. The molecule has 1 unspecified atom stereocenters. The van der Waals surface area contributed by atoms with Crippen LogP contribution in [0.4, 0.5) is 4.79 Å². The van der Waals surface area contributed by atoms with Crippen molar-refractivity contribution in [2.24, 2.45) is 5.73 Å². The molecule has 0 saturated heterocycles. The number of carbonyl (C=O) groups is 3. The van der Waals surface area contributed by atoms with Gasteiger partial charge < -0.3 is 21.1 Å². The Morgan fingerprint density at radius 3 is 2.48 bits per heavy atom. The van der Waals surface area contributed by atoms with Crippen molar-refractivity contribution in [1.82, 2.24) is 10.6 Å². The van der Waals surface area contributed by atoms with Crippen LogP contribution in [0.3, 0.4) is 0 Å². The third kappa shape index (κ3) is 8.45. The second-order valence-electron chi connectivity index (χ2n) is 5.14. The summed E-state index contributed by atoms with van der Waals surface area (Å²) in [6.45, 7) is 2.09. The highest BCUT2D eigenvalue weighted by Crippen LogP contribution is 2.03. The summed E-state index contributed by atoms with van der Waals surface area (Å²) in [6.07, 6.45) is 1.06. The molecule has 1 aromatic carbocycles. The molecule has 0 aromatic heterocycles. The molecule has 1 aromatic rings. The summed E-state index contributed by atoms with van der Waals surface area (Å²) in [5.41, 5.74) is 6.13. The first kappa shape index (κ1) is 18.5. The molecule has 1 atom stereocenters. The summed E-state index contributed by atoms with van der Waals surface area (Å²) in [5, 5.41) is 5.12. The van der Waals surface area contributed by atoms with E-state index >= 15 is 0 Å². The van der Waals surface area contributed by atoms with Crippen molar-refractivity contribution >= 4 is 17.9 Å². The van der Waals surface area contributed by atoms with E-state index in [0.717, 1.165) is 5.56 Å². The Bertz CT molecular complexity index is 519. The summed E-state index contributed by atoms with van der Waals surface area (Å²) in [5.74, 6) is -0.708. The third-order valence-electron chi connectivity index (χ3n) is 3.14. The molecule has 1 rings (SSSR count). The first-order valence-corrected chi connectivity index (χ1v) is 7.50. The van der Waals surface area contributed by atoms with E-state index in [9.17, 15) is 14.4 Å². The van der Waals surface area contributed by atoms with Crippen LogP contribution in [0.1, 0.15) is 31.7 Å². The van der Waals surface area contributed by atoms with Gasteiger partial charge in [0.2, 0.25) is 11.8 Å². The molecular formula is C16H23N3O4. The van der Waals surface area contributed by atoms with E-state index in [4.69, 9.17) is 10.5 Å². The van der Waals surface area contributed by atoms with Gasteiger partial charge in [0, 0.05) is 13.5 Å². The number of hydrogen-bond donors (Lipinski definition) is 3. The molecule has 7 nitrogen and oxygen atoms in total. The van der Waals surface area contributed by atoms with Crippen LogP contribution in [0.2, 0.25) is 0 Å². The number of nitrogens with two attached hydrogens (primary N) is 1. The predicted octanol–water partition coefficient (Wildman–Crippen LogP) is 1.07. The van der Waals surface area contributed by atoms with Crippen LogP contribution in [0.15, 0.2) is 30.3 Å². The van der Waals surface area contributed by atoms with E-state index in [0.29, 0.717) is 25.8 Å². The van der Waals surface area contributed by atoms with Crippen molar-refractivity contribution in [2.75, 3.05) is 6.54 Å². The minimum absolute atomic E-state index is 0.0981. The van der Waals surface area contributed by atoms with E-state index in [1.807, 2.05) is 30.3 Å². The van der Waals surface area contributed by atoms with Gasteiger partial charge in [0.05, 0.1) is 0 Å². The Balaban J connectivity index is 2.29. The summed E-state index contributed by atoms with van der Waals surface area (Å²) >= 11 is 0. The van der Waals surface area contributed by atoms with Gasteiger partial charge in [-0.05, 0) is 24.8 Å². The molecule has 0 saturated carbocycles. The SMILES string of the molecule is CC(=O)NCCCCC(NC(=O)OCc1ccccc1)C(N)=O. The molecule has 0 bridgehead atoms. The largest absolute Gasteiger partial charge is 0.445 e. The molecule has 7 heteroatoms. The van der Waals surface area contributed by atoms with Gasteiger partial charge in [-0.2, -0.15) is 0 Å². The smallest absolute Gasteiger partial charge is 0.408 e. The van der Waals surface area contributed by atoms with Gasteiger partial charge in [-0.3, -0.25) is 9.59 Å². The van der Waals surface area contributed by atoms with E-state index in [2.05, 4.69) is 10.6 Å². The quantitative estimate of drug-likeness (QED) is 0.591. The molecule has 0 aliphatic heterocycles. The van der Waals surface area contributed by atoms with Crippen LogP contribution in [-0.2, 0) is 20.9 Å². The fraction of sp³-hybridized carbons (Fsp3) is 0.438. The number of unbranched alkanes of at least 4 members (excludes halogenated alkanes) is 1. The maximum Gasteiger partial charge on any atom is 0.408 e. The van der Waals surface area contributed by atoms with Gasteiger partial charge in [-0.1, -0.05) is 30.3 Å². The Labute approximate surface area is 135 Å². The van der Waals surface area contributed by atoms with E-state index in [1.165, 1.54) is 6.92 Å². The highest BCUT2D eigenvalue weighted by Gasteiger charge is 2.18. The Kier molecular flexibility index (Phi) is 8.20. The fourth-order valence-electron chi connectivity index (χ4n) is 1.93. The lowest BCUT2D eigenvalue weighted by Gasteiger charge is -2.15. The summed E-state index contributed by atoms with van der Waals surface area (Å²) < 4.78 is 5.05. The second kappa shape index (κ2) is 10.2. The predicted molar refractivity (Wildman–Crippen MR) is 85.3 cm³/mol. The number of nitrogens with one attached hydrogen (secondary N) is 2. The average molecular weight is 321 g/mol. The van der Waals surface area contributed by atoms with Gasteiger partial charge in [-0.15, -0.1) is 0 Å². The number of alkyl carbamates (subject to hydrolysis) is 1. The van der Waals surface area contributed by atoms with Gasteiger partial charge in [0.15, 0.2) is 0 Å². The number of rotatable bonds is 9. The Morgan fingerprint density at radius 1 is 1.17 bits per heavy atom. The molecule has 126 valence electrons. The van der Waals surface area contributed by atoms with Crippen LogP contribution in [0, 0.1) is 0 Å². The molecule has 0 spiro atoms. The maximum absolute atomic E-state index is 11.7. The zero-order valence-corrected chi connectivity index (χ0v) is 13.2. The molecule has 4 N–H and O–H groups in total. The summed E-state index contributed by atoms with van der Waals surface area (Å²) in [7, 11) is 0. The van der Waals surface area contributed by atoms with E-state index < -0.39 is 18.0 Å². The molecular weight excluding hydrogens is 298 g/mol. The zero-order valence-electron chi connectivity index (χ0n) is 13.2. The molecule has 3 amide bonds. The van der Waals surface area contributed by atoms with E-state index in [-0.39, 0.29) is 12.5 Å². The molecule has 0 aliphatic carbocycles. The minimum atomic E-state index is -0.782. The number of ether oxygens (including phenoxy) is 1. The van der Waals surface area contributed by atoms with Crippen LogP contribution in [-0.4, -0.2) is 30.5 Å². The molecule has 0 aliphatic rings. The third-order valence-corrected chi connectivity index (χ3v) is 3.14. The lowest BCUT2D eigenvalue weighted by atomic mass is 10.1. The molecule has 23 heavy (non-hydrogen) atoms. The van der Waals surface area contributed by atoms with Gasteiger partial charge >= 0.3 is 6.09 Å².